The number of hydrogen-bond donors (Lipinski definition) is 2. The van der Waals surface area contributed by atoms with Crippen molar-refractivity contribution in [2.24, 2.45) is 0 Å². The first kappa shape index (κ1) is 13.4. The van der Waals surface area contributed by atoms with Gasteiger partial charge in [-0.3, -0.25) is 4.79 Å². The molecule has 0 fully saturated rings. The summed E-state index contributed by atoms with van der Waals surface area (Å²) in [5.41, 5.74) is 7.86. The molecule has 0 unspecified atom stereocenters. The Bertz CT molecular complexity index is 643. The van der Waals surface area contributed by atoms with Crippen molar-refractivity contribution in [3.63, 3.8) is 0 Å². The molecule has 2 rings (SSSR count). The number of thiophene rings is 1. The number of benzene rings is 1. The van der Waals surface area contributed by atoms with Crippen LogP contribution in [0, 0.1) is 13.8 Å². The predicted octanol–water partition coefficient (Wildman–Crippen LogP) is 3.55. The summed E-state index contributed by atoms with van der Waals surface area (Å²) >= 11 is 1.56. The SMILES string of the molecule is Cc1cc(C(=O)C=Cc2cccs2)c(N)c(C)c1O. The molecule has 0 atom stereocenters. The highest BCUT2D eigenvalue weighted by atomic mass is 32.1. The number of nitrogens with two attached hydrogens (primary N) is 1. The molecule has 98 valence electrons. The van der Waals surface area contributed by atoms with Gasteiger partial charge in [0.1, 0.15) is 5.75 Å². The fraction of sp³-hybridized carbons (Fsp3) is 0.133. The molecule has 1 aromatic heterocycles. The highest BCUT2D eigenvalue weighted by molar-refractivity contribution is 7.10. The second-order valence-corrected chi connectivity index (χ2v) is 5.32. The molecule has 0 aliphatic heterocycles. The molecule has 0 aliphatic carbocycles. The van der Waals surface area contributed by atoms with Crippen molar-refractivity contribution in [1.82, 2.24) is 0 Å². The van der Waals surface area contributed by atoms with E-state index in [1.165, 1.54) is 6.08 Å². The van der Waals surface area contributed by atoms with Crippen molar-refractivity contribution in [2.45, 2.75) is 13.8 Å². The molecule has 0 amide bonds. The van der Waals surface area contributed by atoms with E-state index in [4.69, 9.17) is 5.73 Å². The van der Waals surface area contributed by atoms with Gasteiger partial charge in [0.05, 0.1) is 0 Å². The third-order valence-electron chi connectivity index (χ3n) is 2.99. The third-order valence-corrected chi connectivity index (χ3v) is 3.83. The Morgan fingerprint density at radius 2 is 2.16 bits per heavy atom. The van der Waals surface area contributed by atoms with Gasteiger partial charge in [-0.15, -0.1) is 11.3 Å². The zero-order chi connectivity index (χ0) is 14.0. The van der Waals surface area contributed by atoms with Crippen LogP contribution in [0.1, 0.15) is 26.4 Å². The topological polar surface area (TPSA) is 63.3 Å². The quantitative estimate of drug-likeness (QED) is 0.510. The molecule has 0 radical (unpaired) electrons. The maximum absolute atomic E-state index is 12.1. The summed E-state index contributed by atoms with van der Waals surface area (Å²) in [6.07, 6.45) is 3.28. The normalized spacial score (nSPS) is 11.1. The average molecular weight is 273 g/mol. The number of phenolic OH excluding ortho intramolecular Hbond substituents is 1. The highest BCUT2D eigenvalue weighted by Crippen LogP contribution is 2.30. The Balaban J connectivity index is 2.35. The van der Waals surface area contributed by atoms with Gasteiger partial charge in [0.25, 0.3) is 0 Å². The molecular formula is C15H15NO2S. The minimum Gasteiger partial charge on any atom is -0.507 e. The van der Waals surface area contributed by atoms with Gasteiger partial charge in [0.2, 0.25) is 0 Å². The molecule has 0 aliphatic rings. The Hall–Kier alpha value is -2.07. The monoisotopic (exact) mass is 273 g/mol. The van der Waals surface area contributed by atoms with Crippen molar-refractivity contribution in [3.8, 4) is 5.75 Å². The van der Waals surface area contributed by atoms with Gasteiger partial charge in [-0.1, -0.05) is 6.07 Å². The summed E-state index contributed by atoms with van der Waals surface area (Å²) in [7, 11) is 0. The number of carbonyl (C=O) groups excluding carboxylic acids is 1. The van der Waals surface area contributed by atoms with E-state index in [2.05, 4.69) is 0 Å². The van der Waals surface area contributed by atoms with Crippen LogP contribution in [0.15, 0.2) is 29.7 Å². The van der Waals surface area contributed by atoms with Crippen LogP contribution < -0.4 is 5.73 Å². The molecular weight excluding hydrogens is 258 g/mol. The third kappa shape index (κ3) is 2.69. The van der Waals surface area contributed by atoms with Gasteiger partial charge in [-0.2, -0.15) is 0 Å². The molecule has 0 saturated heterocycles. The minimum atomic E-state index is -0.155. The number of anilines is 1. The van der Waals surface area contributed by atoms with Crippen molar-refractivity contribution >= 4 is 28.9 Å². The van der Waals surface area contributed by atoms with Crippen molar-refractivity contribution in [3.05, 3.63) is 51.2 Å². The number of nitrogen functional groups attached to an aromatic ring is 1. The number of hydrogen-bond acceptors (Lipinski definition) is 4. The van der Waals surface area contributed by atoms with Crippen LogP contribution in [0.25, 0.3) is 6.08 Å². The molecule has 1 aromatic carbocycles. The predicted molar refractivity (Wildman–Crippen MR) is 79.7 cm³/mol. The maximum Gasteiger partial charge on any atom is 0.187 e. The van der Waals surface area contributed by atoms with Crippen LogP contribution >= 0.6 is 11.3 Å². The van der Waals surface area contributed by atoms with E-state index >= 15 is 0 Å². The first-order valence-electron chi connectivity index (χ1n) is 5.85. The number of aromatic hydroxyl groups is 1. The molecule has 4 heteroatoms. The van der Waals surface area contributed by atoms with Crippen LogP contribution in [-0.4, -0.2) is 10.9 Å². The Morgan fingerprint density at radius 3 is 2.79 bits per heavy atom. The van der Waals surface area contributed by atoms with Gasteiger partial charge >= 0.3 is 0 Å². The summed E-state index contributed by atoms with van der Waals surface area (Å²) in [6, 6.07) is 5.49. The van der Waals surface area contributed by atoms with Crippen molar-refractivity contribution < 1.29 is 9.90 Å². The zero-order valence-electron chi connectivity index (χ0n) is 10.8. The van der Waals surface area contributed by atoms with Crippen LogP contribution in [0.3, 0.4) is 0 Å². The largest absolute Gasteiger partial charge is 0.507 e. The number of rotatable bonds is 3. The summed E-state index contributed by atoms with van der Waals surface area (Å²) in [5.74, 6) is -0.00612. The van der Waals surface area contributed by atoms with Gasteiger partial charge < -0.3 is 10.8 Å². The van der Waals surface area contributed by atoms with E-state index in [1.807, 2.05) is 17.5 Å². The minimum absolute atomic E-state index is 0.149. The number of ketones is 1. The lowest BCUT2D eigenvalue weighted by molar-refractivity contribution is 0.104. The van der Waals surface area contributed by atoms with Crippen molar-refractivity contribution in [2.75, 3.05) is 5.73 Å². The molecule has 2 aromatic rings. The smallest absolute Gasteiger partial charge is 0.187 e. The molecule has 3 N–H and O–H groups in total. The summed E-state index contributed by atoms with van der Waals surface area (Å²) in [4.78, 5) is 13.1. The van der Waals surface area contributed by atoms with E-state index < -0.39 is 0 Å². The zero-order valence-corrected chi connectivity index (χ0v) is 11.6. The average Bonchev–Trinajstić information content (AvgIpc) is 2.91. The molecule has 1 heterocycles. The summed E-state index contributed by atoms with van der Waals surface area (Å²) in [6.45, 7) is 3.46. The molecule has 0 bridgehead atoms. The molecule has 0 saturated carbocycles. The Morgan fingerprint density at radius 1 is 1.42 bits per heavy atom. The van der Waals surface area contributed by atoms with Crippen LogP contribution in [-0.2, 0) is 0 Å². The Kier molecular flexibility index (Phi) is 3.71. The van der Waals surface area contributed by atoms with Crippen LogP contribution in [0.4, 0.5) is 5.69 Å². The molecule has 3 nitrogen and oxygen atoms in total. The first-order valence-corrected chi connectivity index (χ1v) is 6.73. The first-order chi connectivity index (χ1) is 9.00. The lowest BCUT2D eigenvalue weighted by Crippen LogP contribution is -2.04. The van der Waals surface area contributed by atoms with Crippen LogP contribution in [0.5, 0.6) is 5.75 Å². The number of aryl methyl sites for hydroxylation is 1. The van der Waals surface area contributed by atoms with Gasteiger partial charge in [0, 0.05) is 21.7 Å². The fourth-order valence-electron chi connectivity index (χ4n) is 1.83. The standard InChI is InChI=1S/C15H15NO2S/c1-9-8-12(14(16)10(2)15(9)18)13(17)6-5-11-4-3-7-19-11/h3-8,18H,16H2,1-2H3. The van der Waals surface area contributed by atoms with E-state index in [-0.39, 0.29) is 11.5 Å². The van der Waals surface area contributed by atoms with Crippen molar-refractivity contribution in [1.29, 1.82) is 0 Å². The van der Waals surface area contributed by atoms with Gasteiger partial charge in [-0.25, -0.2) is 0 Å². The van der Waals surface area contributed by atoms with E-state index in [0.29, 0.717) is 22.4 Å². The number of phenols is 1. The van der Waals surface area contributed by atoms with Gasteiger partial charge in [-0.05, 0) is 49.1 Å². The number of carbonyl (C=O) groups is 1. The lowest BCUT2D eigenvalue weighted by atomic mass is 9.99. The lowest BCUT2D eigenvalue weighted by Gasteiger charge is -2.10. The fourth-order valence-corrected chi connectivity index (χ4v) is 2.44. The second-order valence-electron chi connectivity index (χ2n) is 4.34. The molecule has 0 spiro atoms. The Labute approximate surface area is 116 Å². The van der Waals surface area contributed by atoms with Gasteiger partial charge in [0.15, 0.2) is 5.78 Å². The summed E-state index contributed by atoms with van der Waals surface area (Å²) < 4.78 is 0. The van der Waals surface area contributed by atoms with E-state index in [1.54, 1.807) is 37.3 Å². The van der Waals surface area contributed by atoms with Crippen LogP contribution in [0.2, 0.25) is 0 Å². The van der Waals surface area contributed by atoms with E-state index in [9.17, 15) is 9.90 Å². The molecule has 19 heavy (non-hydrogen) atoms. The second kappa shape index (κ2) is 5.28. The maximum atomic E-state index is 12.1. The highest BCUT2D eigenvalue weighted by Gasteiger charge is 2.14. The number of allylic oxidation sites excluding steroid dienone is 1. The summed E-state index contributed by atoms with van der Waals surface area (Å²) in [5, 5.41) is 11.7. The van der Waals surface area contributed by atoms with E-state index in [0.717, 1.165) is 4.88 Å².